The van der Waals surface area contributed by atoms with Crippen LogP contribution < -0.4 is 5.32 Å². The third-order valence-electron chi connectivity index (χ3n) is 1.76. The summed E-state index contributed by atoms with van der Waals surface area (Å²) in [5.74, 6) is 0.497. The van der Waals surface area contributed by atoms with Crippen LogP contribution in [0.4, 0.5) is 0 Å². The topological polar surface area (TPSA) is 42.0 Å². The summed E-state index contributed by atoms with van der Waals surface area (Å²) in [5.41, 5.74) is 0. The van der Waals surface area contributed by atoms with E-state index in [2.05, 4.69) is 10.3 Å². The van der Waals surface area contributed by atoms with E-state index in [1.165, 1.54) is 11.3 Å². The highest BCUT2D eigenvalue weighted by molar-refractivity contribution is 7.13. The molecule has 1 atom stereocenters. The molecule has 1 aromatic rings. The van der Waals surface area contributed by atoms with Gasteiger partial charge in [0.15, 0.2) is 0 Å². The molecule has 1 rings (SSSR count). The van der Waals surface area contributed by atoms with Crippen LogP contribution in [-0.4, -0.2) is 22.8 Å². The van der Waals surface area contributed by atoms with Gasteiger partial charge in [-0.3, -0.25) is 4.79 Å². The van der Waals surface area contributed by atoms with Crippen molar-refractivity contribution in [3.63, 3.8) is 0 Å². The normalized spacial score (nSPS) is 12.5. The summed E-state index contributed by atoms with van der Waals surface area (Å²) in [6.07, 6.45) is 2.38. The number of carbonyl (C=O) groups is 1. The number of nitrogens with one attached hydrogen (secondary N) is 1. The lowest BCUT2D eigenvalue weighted by Gasteiger charge is -2.10. The number of alkyl halides is 1. The maximum Gasteiger partial charge on any atom is 0.263 e. The Kier molecular flexibility index (Phi) is 4.35. The third kappa shape index (κ3) is 3.27. The van der Waals surface area contributed by atoms with Gasteiger partial charge in [-0.25, -0.2) is 4.98 Å². The van der Waals surface area contributed by atoms with Crippen LogP contribution >= 0.6 is 22.9 Å². The number of nitrogens with zero attached hydrogens (tertiary/aromatic N) is 1. The van der Waals surface area contributed by atoms with Gasteiger partial charge in [0.25, 0.3) is 5.91 Å². The van der Waals surface area contributed by atoms with E-state index in [0.717, 1.165) is 11.4 Å². The summed E-state index contributed by atoms with van der Waals surface area (Å²) >= 11 is 6.97. The number of amides is 1. The van der Waals surface area contributed by atoms with E-state index in [-0.39, 0.29) is 11.9 Å². The second kappa shape index (κ2) is 5.32. The number of hydrogen-bond acceptors (Lipinski definition) is 3. The second-order valence-electron chi connectivity index (χ2n) is 3.10. The van der Waals surface area contributed by atoms with E-state index in [1.54, 1.807) is 6.20 Å². The molecule has 5 heteroatoms. The van der Waals surface area contributed by atoms with Crippen molar-refractivity contribution in [3.8, 4) is 0 Å². The fourth-order valence-electron chi connectivity index (χ4n) is 0.997. The zero-order valence-electron chi connectivity index (χ0n) is 8.21. The molecule has 0 fully saturated rings. The molecule has 1 aromatic heterocycles. The molecule has 0 aromatic carbocycles. The van der Waals surface area contributed by atoms with Crippen molar-refractivity contribution < 1.29 is 4.79 Å². The molecule has 78 valence electrons. The Morgan fingerprint density at radius 2 is 2.50 bits per heavy atom. The molecule has 3 nitrogen and oxygen atoms in total. The van der Waals surface area contributed by atoms with E-state index in [9.17, 15) is 4.79 Å². The first-order valence-electron chi connectivity index (χ1n) is 4.42. The van der Waals surface area contributed by atoms with E-state index >= 15 is 0 Å². The molecule has 0 radical (unpaired) electrons. The van der Waals surface area contributed by atoms with Gasteiger partial charge in [-0.2, -0.15) is 0 Å². The fraction of sp³-hybridized carbons (Fsp3) is 0.556. The van der Waals surface area contributed by atoms with Crippen LogP contribution in [0.25, 0.3) is 0 Å². The highest BCUT2D eigenvalue weighted by Crippen LogP contribution is 2.11. The molecular formula is C9H13ClN2OS. The van der Waals surface area contributed by atoms with Crippen LogP contribution in [-0.2, 0) is 0 Å². The zero-order valence-corrected chi connectivity index (χ0v) is 9.78. The number of carbonyl (C=O) groups excluding carboxylic acids is 1. The predicted molar refractivity (Wildman–Crippen MR) is 59.1 cm³/mol. The summed E-state index contributed by atoms with van der Waals surface area (Å²) in [4.78, 5) is 16.2. The summed E-state index contributed by atoms with van der Waals surface area (Å²) in [6, 6.07) is 0.113. The van der Waals surface area contributed by atoms with E-state index in [4.69, 9.17) is 11.6 Å². The van der Waals surface area contributed by atoms with E-state index < -0.39 is 0 Å². The lowest BCUT2D eigenvalue weighted by Crippen LogP contribution is -2.32. The third-order valence-corrected chi connectivity index (χ3v) is 2.89. The van der Waals surface area contributed by atoms with Crippen LogP contribution in [0, 0.1) is 6.92 Å². The van der Waals surface area contributed by atoms with Gasteiger partial charge in [-0.1, -0.05) is 0 Å². The van der Waals surface area contributed by atoms with Crippen molar-refractivity contribution in [3.05, 3.63) is 16.1 Å². The van der Waals surface area contributed by atoms with Crippen molar-refractivity contribution in [1.82, 2.24) is 10.3 Å². The molecule has 1 heterocycles. The number of thiazole rings is 1. The van der Waals surface area contributed by atoms with Gasteiger partial charge in [-0.05, 0) is 20.3 Å². The lowest BCUT2D eigenvalue weighted by molar-refractivity contribution is 0.0943. The van der Waals surface area contributed by atoms with Gasteiger partial charge >= 0.3 is 0 Å². The molecule has 0 aliphatic rings. The number of hydrogen-bond donors (Lipinski definition) is 1. The minimum atomic E-state index is -0.0618. The molecule has 1 amide bonds. The summed E-state index contributed by atoms with van der Waals surface area (Å²) in [6.45, 7) is 3.82. The molecular weight excluding hydrogens is 220 g/mol. The molecule has 0 spiro atoms. The maximum atomic E-state index is 11.6. The number of aromatic nitrogens is 1. The van der Waals surface area contributed by atoms with Gasteiger partial charge in [0.05, 0.1) is 11.2 Å². The summed E-state index contributed by atoms with van der Waals surface area (Å²) < 4.78 is 0. The first-order valence-corrected chi connectivity index (χ1v) is 5.78. The largest absolute Gasteiger partial charge is 0.349 e. The average molecular weight is 233 g/mol. The van der Waals surface area contributed by atoms with Crippen LogP contribution in [0.1, 0.15) is 28.0 Å². The standard InChI is InChI=1S/C9H13ClN2OS/c1-6(3-4-10)12-9(13)8-5-11-7(2)14-8/h5-6H,3-4H2,1-2H3,(H,12,13). The molecule has 0 aliphatic carbocycles. The van der Waals surface area contributed by atoms with Crippen molar-refractivity contribution in [2.24, 2.45) is 0 Å². The van der Waals surface area contributed by atoms with Gasteiger partial charge in [0.2, 0.25) is 0 Å². The van der Waals surface area contributed by atoms with E-state index in [0.29, 0.717) is 10.8 Å². The molecule has 0 saturated carbocycles. The van der Waals surface area contributed by atoms with Crippen molar-refractivity contribution in [2.75, 3.05) is 5.88 Å². The Hall–Kier alpha value is -0.610. The van der Waals surface area contributed by atoms with Crippen LogP contribution in [0.2, 0.25) is 0 Å². The van der Waals surface area contributed by atoms with Gasteiger partial charge in [0, 0.05) is 11.9 Å². The van der Waals surface area contributed by atoms with Crippen molar-refractivity contribution >= 4 is 28.8 Å². The second-order valence-corrected chi connectivity index (χ2v) is 4.71. The molecule has 0 bridgehead atoms. The molecule has 1 unspecified atom stereocenters. The average Bonchev–Trinajstić information content (AvgIpc) is 2.52. The fourth-order valence-corrected chi connectivity index (χ4v) is 2.01. The van der Waals surface area contributed by atoms with Gasteiger partial charge in [-0.15, -0.1) is 22.9 Å². The Morgan fingerprint density at radius 1 is 1.79 bits per heavy atom. The van der Waals surface area contributed by atoms with E-state index in [1.807, 2.05) is 13.8 Å². The molecule has 0 saturated heterocycles. The molecule has 0 aliphatic heterocycles. The Bertz CT molecular complexity index is 314. The SMILES string of the molecule is Cc1ncc(C(=O)NC(C)CCCl)s1. The smallest absolute Gasteiger partial charge is 0.263 e. The Labute approximate surface area is 92.5 Å². The highest BCUT2D eigenvalue weighted by atomic mass is 35.5. The van der Waals surface area contributed by atoms with Gasteiger partial charge < -0.3 is 5.32 Å². The molecule has 14 heavy (non-hydrogen) atoms. The summed E-state index contributed by atoms with van der Waals surface area (Å²) in [7, 11) is 0. The highest BCUT2D eigenvalue weighted by Gasteiger charge is 2.11. The minimum Gasteiger partial charge on any atom is -0.349 e. The number of halogens is 1. The van der Waals surface area contributed by atoms with Crippen LogP contribution in [0.3, 0.4) is 0 Å². The molecule has 1 N–H and O–H groups in total. The first kappa shape index (κ1) is 11.5. The Morgan fingerprint density at radius 3 is 3.00 bits per heavy atom. The monoisotopic (exact) mass is 232 g/mol. The minimum absolute atomic E-state index is 0.0618. The van der Waals surface area contributed by atoms with Crippen molar-refractivity contribution in [1.29, 1.82) is 0 Å². The lowest BCUT2D eigenvalue weighted by atomic mass is 10.2. The summed E-state index contributed by atoms with van der Waals surface area (Å²) in [5, 5.41) is 3.76. The quantitative estimate of drug-likeness (QED) is 0.809. The van der Waals surface area contributed by atoms with Crippen LogP contribution in [0.15, 0.2) is 6.20 Å². The first-order chi connectivity index (χ1) is 6.63. The number of rotatable bonds is 4. The van der Waals surface area contributed by atoms with Gasteiger partial charge in [0.1, 0.15) is 4.88 Å². The van der Waals surface area contributed by atoms with Crippen molar-refractivity contribution in [2.45, 2.75) is 26.3 Å². The predicted octanol–water partition coefficient (Wildman–Crippen LogP) is 2.20. The zero-order chi connectivity index (χ0) is 10.6. The maximum absolute atomic E-state index is 11.6. The number of aryl methyl sites for hydroxylation is 1. The Balaban J connectivity index is 2.50. The van der Waals surface area contributed by atoms with Crippen LogP contribution in [0.5, 0.6) is 0 Å².